The maximum atomic E-state index is 15.3. The average molecular weight is 511 g/mol. The van der Waals surface area contributed by atoms with Crippen molar-refractivity contribution < 1.29 is 13.2 Å². The van der Waals surface area contributed by atoms with Gasteiger partial charge in [-0.1, -0.05) is 96.8 Å². The minimum absolute atomic E-state index is 0.0108. The molecule has 0 aliphatic heterocycles. The Kier molecular flexibility index (Phi) is 11.8. The molecule has 0 nitrogen and oxygen atoms in total. The predicted octanol–water partition coefficient (Wildman–Crippen LogP) is 11.0. The summed E-state index contributed by atoms with van der Waals surface area (Å²) in [6, 6.07) is 0. The van der Waals surface area contributed by atoms with Crippen LogP contribution in [-0.2, 0) is 0 Å². The summed E-state index contributed by atoms with van der Waals surface area (Å²) in [6.45, 7) is 2.24. The first-order valence-electron chi connectivity index (χ1n) is 16.5. The summed E-state index contributed by atoms with van der Waals surface area (Å²) >= 11 is 0. The van der Waals surface area contributed by atoms with Crippen molar-refractivity contribution in [2.24, 2.45) is 41.4 Å². The van der Waals surface area contributed by atoms with E-state index in [0.29, 0.717) is 23.7 Å². The van der Waals surface area contributed by atoms with Crippen LogP contribution in [0.5, 0.6) is 0 Å². The third kappa shape index (κ3) is 7.91. The summed E-state index contributed by atoms with van der Waals surface area (Å²) in [5, 5.41) is 0. The largest absolute Gasteiger partial charge is 0.247 e. The van der Waals surface area contributed by atoms with Crippen molar-refractivity contribution in [3.8, 4) is 0 Å². The second kappa shape index (κ2) is 14.8. The van der Waals surface area contributed by atoms with Crippen molar-refractivity contribution >= 4 is 0 Å². The van der Waals surface area contributed by atoms with Crippen LogP contribution in [0.4, 0.5) is 13.2 Å². The lowest BCUT2D eigenvalue weighted by molar-refractivity contribution is -0.0349. The molecule has 4 aliphatic rings. The minimum Gasteiger partial charge on any atom is -0.247 e. The molecule has 0 N–H and O–H groups in total. The van der Waals surface area contributed by atoms with Gasteiger partial charge < -0.3 is 0 Å². The number of alkyl halides is 3. The molecule has 7 unspecified atom stereocenters. The fourth-order valence-electron chi connectivity index (χ4n) is 8.96. The van der Waals surface area contributed by atoms with Crippen LogP contribution in [0.1, 0.15) is 148 Å². The fraction of sp³-hybridized carbons (Fsp3) is 1.00. The number of hydrogen-bond acceptors (Lipinski definition) is 0. The van der Waals surface area contributed by atoms with Crippen LogP contribution in [0.15, 0.2) is 0 Å². The van der Waals surface area contributed by atoms with Gasteiger partial charge in [-0.25, -0.2) is 13.2 Å². The van der Waals surface area contributed by atoms with Crippen molar-refractivity contribution in [2.75, 3.05) is 0 Å². The van der Waals surface area contributed by atoms with Crippen LogP contribution in [0.3, 0.4) is 0 Å². The molecule has 0 amide bonds. The Hall–Kier alpha value is -0.210. The van der Waals surface area contributed by atoms with E-state index in [4.69, 9.17) is 0 Å². The molecular formula is C33H57F3. The summed E-state index contributed by atoms with van der Waals surface area (Å²) in [6.07, 6.45) is 22.3. The first-order valence-corrected chi connectivity index (χ1v) is 16.5. The zero-order valence-electron chi connectivity index (χ0n) is 23.5. The zero-order valence-corrected chi connectivity index (χ0v) is 23.5. The van der Waals surface area contributed by atoms with Gasteiger partial charge in [0.1, 0.15) is 18.5 Å². The molecule has 4 saturated carbocycles. The smallest absolute Gasteiger partial charge is 0.134 e. The molecule has 0 aromatic heterocycles. The highest BCUT2D eigenvalue weighted by Crippen LogP contribution is 2.48. The van der Waals surface area contributed by atoms with E-state index >= 15 is 8.78 Å². The maximum absolute atomic E-state index is 15.3. The highest BCUT2D eigenvalue weighted by Gasteiger charge is 2.46. The fourth-order valence-corrected chi connectivity index (χ4v) is 8.96. The highest BCUT2D eigenvalue weighted by molar-refractivity contribution is 4.95. The summed E-state index contributed by atoms with van der Waals surface area (Å²) in [7, 11) is 0. The Morgan fingerprint density at radius 3 is 1.75 bits per heavy atom. The number of rotatable bonds is 11. The molecule has 3 heteroatoms. The molecule has 4 fully saturated rings. The third-order valence-electron chi connectivity index (χ3n) is 11.4. The normalized spacial score (nSPS) is 40.8. The Labute approximate surface area is 221 Å². The lowest BCUT2D eigenvalue weighted by Crippen LogP contribution is -2.44. The molecule has 0 saturated heterocycles. The molecule has 0 aromatic carbocycles. The van der Waals surface area contributed by atoms with Crippen LogP contribution < -0.4 is 0 Å². The van der Waals surface area contributed by atoms with Crippen LogP contribution in [0.2, 0.25) is 0 Å². The first-order chi connectivity index (χ1) is 17.6. The summed E-state index contributed by atoms with van der Waals surface area (Å²) in [4.78, 5) is 0. The average Bonchev–Trinajstić information content (AvgIpc) is 2.91. The van der Waals surface area contributed by atoms with Gasteiger partial charge in [0.05, 0.1) is 0 Å². The van der Waals surface area contributed by atoms with E-state index in [1.54, 1.807) is 0 Å². The highest BCUT2D eigenvalue weighted by atomic mass is 19.2. The third-order valence-corrected chi connectivity index (χ3v) is 11.4. The van der Waals surface area contributed by atoms with Crippen molar-refractivity contribution in [3.05, 3.63) is 0 Å². The molecule has 210 valence electrons. The van der Waals surface area contributed by atoms with Gasteiger partial charge >= 0.3 is 0 Å². The molecule has 0 spiro atoms. The Bertz CT molecular complexity index is 594. The Morgan fingerprint density at radius 2 is 1.11 bits per heavy atom. The van der Waals surface area contributed by atoms with Crippen LogP contribution in [0, 0.1) is 41.4 Å². The van der Waals surface area contributed by atoms with Crippen LogP contribution in [-0.4, -0.2) is 18.5 Å². The molecule has 0 radical (unpaired) electrons. The van der Waals surface area contributed by atoms with E-state index in [1.165, 1.54) is 83.5 Å². The van der Waals surface area contributed by atoms with Gasteiger partial charge in [-0.3, -0.25) is 0 Å². The predicted molar refractivity (Wildman–Crippen MR) is 146 cm³/mol. The van der Waals surface area contributed by atoms with E-state index in [-0.39, 0.29) is 11.8 Å². The van der Waals surface area contributed by atoms with Gasteiger partial charge in [0.15, 0.2) is 0 Å². The first kappa shape index (κ1) is 28.8. The van der Waals surface area contributed by atoms with Crippen molar-refractivity contribution in [2.45, 2.75) is 167 Å². The van der Waals surface area contributed by atoms with Gasteiger partial charge in [0.2, 0.25) is 0 Å². The molecule has 36 heavy (non-hydrogen) atoms. The maximum Gasteiger partial charge on any atom is 0.134 e. The van der Waals surface area contributed by atoms with Crippen molar-refractivity contribution in [3.63, 3.8) is 0 Å². The van der Waals surface area contributed by atoms with Gasteiger partial charge in [0, 0.05) is 0 Å². The van der Waals surface area contributed by atoms with E-state index in [9.17, 15) is 4.39 Å². The second-order valence-corrected chi connectivity index (χ2v) is 13.7. The SMILES string of the molecule is CCCCCCCC1CCC(CCC2CCC(C3CCC(C4CCCCC4)C(F)C3F)CC2)CC1F. The van der Waals surface area contributed by atoms with Crippen molar-refractivity contribution in [1.82, 2.24) is 0 Å². The minimum atomic E-state index is -1.23. The van der Waals surface area contributed by atoms with Crippen molar-refractivity contribution in [1.29, 1.82) is 0 Å². The van der Waals surface area contributed by atoms with E-state index in [1.807, 2.05) is 0 Å². The summed E-state index contributed by atoms with van der Waals surface area (Å²) in [5.74, 6) is 2.41. The van der Waals surface area contributed by atoms with Gasteiger partial charge in [-0.15, -0.1) is 0 Å². The van der Waals surface area contributed by atoms with E-state index in [2.05, 4.69) is 6.92 Å². The Balaban J connectivity index is 1.11. The van der Waals surface area contributed by atoms with Crippen LogP contribution in [0.25, 0.3) is 0 Å². The molecule has 7 atom stereocenters. The molecular weight excluding hydrogens is 453 g/mol. The molecule has 4 rings (SSSR count). The second-order valence-electron chi connectivity index (χ2n) is 13.7. The molecule has 4 aliphatic carbocycles. The van der Waals surface area contributed by atoms with Crippen LogP contribution >= 0.6 is 0 Å². The monoisotopic (exact) mass is 510 g/mol. The lowest BCUT2D eigenvalue weighted by Gasteiger charge is -2.44. The summed E-state index contributed by atoms with van der Waals surface area (Å²) in [5.41, 5.74) is 0. The standard InChI is InChI=1S/C33H57F3/c1-2-3-4-5-7-12-28-20-17-25(23-31(28)34)14-13-24-15-18-27(19-16-24)30-22-21-29(32(35)33(30)36)26-10-8-6-9-11-26/h24-33H,2-23H2,1H3. The van der Waals surface area contributed by atoms with E-state index in [0.717, 1.165) is 63.7 Å². The molecule has 0 bridgehead atoms. The topological polar surface area (TPSA) is 0 Å². The Morgan fingerprint density at radius 1 is 0.528 bits per heavy atom. The molecule has 0 heterocycles. The van der Waals surface area contributed by atoms with E-state index < -0.39 is 18.5 Å². The number of unbranched alkanes of at least 4 members (excludes halogenated alkanes) is 4. The summed E-state index contributed by atoms with van der Waals surface area (Å²) < 4.78 is 45.4. The molecule has 0 aromatic rings. The van der Waals surface area contributed by atoms with Gasteiger partial charge in [-0.2, -0.15) is 0 Å². The quantitative estimate of drug-likeness (QED) is 0.242. The zero-order chi connectivity index (χ0) is 25.3. The number of hydrogen-bond donors (Lipinski definition) is 0. The van der Waals surface area contributed by atoms with Gasteiger partial charge in [0.25, 0.3) is 0 Å². The number of halogens is 3. The van der Waals surface area contributed by atoms with Gasteiger partial charge in [-0.05, 0) is 92.8 Å². The lowest BCUT2D eigenvalue weighted by atomic mass is 9.64.